The van der Waals surface area contributed by atoms with Crippen molar-refractivity contribution in [3.8, 4) is 0 Å². The molecule has 0 aliphatic rings. The summed E-state index contributed by atoms with van der Waals surface area (Å²) in [4.78, 5) is 0. The van der Waals surface area contributed by atoms with Crippen LogP contribution in [0.1, 0.15) is 5.56 Å². The Kier molecular flexibility index (Phi) is 5.65. The molecule has 0 spiro atoms. The second kappa shape index (κ2) is 5.69. The number of para-hydroxylation sites is 1. The summed E-state index contributed by atoms with van der Waals surface area (Å²) in [5.74, 6) is 0. The molecule has 5 nitrogen and oxygen atoms in total. The first-order valence-electron chi connectivity index (χ1n) is 3.45. The third-order valence-corrected chi connectivity index (χ3v) is 1.89. The van der Waals surface area contributed by atoms with E-state index in [1.54, 1.807) is 16.9 Å². The Labute approximate surface area is 104 Å². The first-order chi connectivity index (χ1) is 6.03. The van der Waals surface area contributed by atoms with Gasteiger partial charge in [-0.3, -0.25) is 4.72 Å². The molecule has 0 aliphatic carbocycles. The van der Waals surface area contributed by atoms with Crippen LogP contribution in [-0.4, -0.2) is 18.1 Å². The van der Waals surface area contributed by atoms with Crippen LogP contribution in [0.2, 0.25) is 0 Å². The Balaban J connectivity index is 0.00000169. The number of aliphatic hydroxyl groups is 1. The summed E-state index contributed by atoms with van der Waals surface area (Å²) in [6.45, 7) is -0.321. The van der Waals surface area contributed by atoms with Crippen molar-refractivity contribution in [1.82, 2.24) is 0 Å². The predicted octanol–water partition coefficient (Wildman–Crippen LogP) is -2.94. The van der Waals surface area contributed by atoms with E-state index in [0.717, 1.165) is 0 Å². The van der Waals surface area contributed by atoms with Gasteiger partial charge < -0.3 is 9.66 Å². The smallest absolute Gasteiger partial charge is 0.731 e. The maximum atomic E-state index is 10.3. The molecule has 0 saturated heterocycles. The van der Waals surface area contributed by atoms with Crippen molar-refractivity contribution in [3.63, 3.8) is 0 Å². The molecule has 0 radical (unpaired) electrons. The molecule has 0 saturated carbocycles. The van der Waals surface area contributed by atoms with Crippen LogP contribution in [0, 0.1) is 0 Å². The normalized spacial score (nSPS) is 10.4. The van der Waals surface area contributed by atoms with E-state index in [9.17, 15) is 13.0 Å². The van der Waals surface area contributed by atoms with Gasteiger partial charge >= 0.3 is 29.6 Å². The molecule has 0 unspecified atom stereocenters. The minimum atomic E-state index is -4.52. The Morgan fingerprint density at radius 2 is 1.93 bits per heavy atom. The Hall–Kier alpha value is -0.110. The molecule has 1 aromatic carbocycles. The van der Waals surface area contributed by atoms with Crippen molar-refractivity contribution in [3.05, 3.63) is 29.8 Å². The van der Waals surface area contributed by atoms with Crippen molar-refractivity contribution in [2.45, 2.75) is 6.61 Å². The number of nitrogens with one attached hydrogen (secondary N) is 1. The minimum absolute atomic E-state index is 0. The standard InChI is InChI=1S/C7H9NO4S.Na/c9-5-6-3-1-2-4-7(6)8-13(10,11)12;/h1-4,8-9H,5H2,(H,10,11,12);/q;+1/p-1. The van der Waals surface area contributed by atoms with E-state index in [4.69, 9.17) is 5.11 Å². The third kappa shape index (κ3) is 4.41. The maximum absolute atomic E-state index is 10.3. The second-order valence-electron chi connectivity index (χ2n) is 2.37. The van der Waals surface area contributed by atoms with Crippen molar-refractivity contribution in [1.29, 1.82) is 0 Å². The largest absolute Gasteiger partial charge is 1.00 e. The average Bonchev–Trinajstić information content (AvgIpc) is 2.02. The first-order valence-corrected chi connectivity index (χ1v) is 4.86. The van der Waals surface area contributed by atoms with Gasteiger partial charge in [0.2, 0.25) is 0 Å². The van der Waals surface area contributed by atoms with Crippen LogP contribution in [0.3, 0.4) is 0 Å². The predicted molar refractivity (Wildman–Crippen MR) is 45.7 cm³/mol. The average molecular weight is 225 g/mol. The molecule has 14 heavy (non-hydrogen) atoms. The second-order valence-corrected chi connectivity index (χ2v) is 3.48. The summed E-state index contributed by atoms with van der Waals surface area (Å²) in [5, 5.41) is 8.78. The molecular weight excluding hydrogens is 217 g/mol. The van der Waals surface area contributed by atoms with Crippen LogP contribution < -0.4 is 34.3 Å². The molecule has 2 N–H and O–H groups in total. The van der Waals surface area contributed by atoms with Crippen molar-refractivity contribution < 1.29 is 47.6 Å². The summed E-state index contributed by atoms with van der Waals surface area (Å²) in [6.07, 6.45) is 0. The van der Waals surface area contributed by atoms with Gasteiger partial charge in [0, 0.05) is 5.56 Å². The van der Waals surface area contributed by atoms with Gasteiger partial charge in [-0.25, -0.2) is 8.42 Å². The fraction of sp³-hybridized carbons (Fsp3) is 0.143. The fourth-order valence-corrected chi connectivity index (χ4v) is 1.36. The molecule has 0 heterocycles. The van der Waals surface area contributed by atoms with Crippen LogP contribution in [0.15, 0.2) is 24.3 Å². The summed E-state index contributed by atoms with van der Waals surface area (Å²) in [7, 11) is -4.52. The molecular formula is C7H8NNaO4S. The van der Waals surface area contributed by atoms with E-state index >= 15 is 0 Å². The van der Waals surface area contributed by atoms with Crippen LogP contribution in [0.25, 0.3) is 0 Å². The number of hydrogen-bond donors (Lipinski definition) is 2. The van der Waals surface area contributed by atoms with Crippen molar-refractivity contribution in [2.24, 2.45) is 0 Å². The number of anilines is 1. The molecule has 1 aromatic rings. The molecule has 0 aromatic heterocycles. The van der Waals surface area contributed by atoms with Crippen LogP contribution >= 0.6 is 0 Å². The van der Waals surface area contributed by atoms with Gasteiger partial charge in [0.25, 0.3) is 0 Å². The molecule has 0 amide bonds. The zero-order chi connectivity index (χ0) is 9.90. The zero-order valence-electron chi connectivity index (χ0n) is 7.60. The van der Waals surface area contributed by atoms with E-state index in [1.165, 1.54) is 12.1 Å². The summed E-state index contributed by atoms with van der Waals surface area (Å²) >= 11 is 0. The van der Waals surface area contributed by atoms with E-state index in [0.29, 0.717) is 5.56 Å². The summed E-state index contributed by atoms with van der Waals surface area (Å²) in [6, 6.07) is 6.12. The van der Waals surface area contributed by atoms with E-state index in [2.05, 4.69) is 0 Å². The third-order valence-electron chi connectivity index (χ3n) is 1.42. The van der Waals surface area contributed by atoms with Gasteiger partial charge in [-0.05, 0) is 6.07 Å². The fourth-order valence-electron chi connectivity index (χ4n) is 0.892. The van der Waals surface area contributed by atoms with Crippen LogP contribution in [0.4, 0.5) is 5.69 Å². The quantitative estimate of drug-likeness (QED) is 0.425. The van der Waals surface area contributed by atoms with Gasteiger partial charge in [0.1, 0.15) is 0 Å². The van der Waals surface area contributed by atoms with Crippen LogP contribution in [0.5, 0.6) is 0 Å². The van der Waals surface area contributed by atoms with Gasteiger partial charge in [-0.2, -0.15) is 0 Å². The zero-order valence-corrected chi connectivity index (χ0v) is 10.4. The topological polar surface area (TPSA) is 89.5 Å². The summed E-state index contributed by atoms with van der Waals surface area (Å²) in [5.41, 5.74) is 0.474. The van der Waals surface area contributed by atoms with Crippen molar-refractivity contribution >= 4 is 16.0 Å². The van der Waals surface area contributed by atoms with Gasteiger partial charge in [0.15, 0.2) is 10.3 Å². The number of benzene rings is 1. The Morgan fingerprint density at radius 3 is 2.43 bits per heavy atom. The van der Waals surface area contributed by atoms with Crippen LogP contribution in [-0.2, 0) is 16.9 Å². The SMILES string of the molecule is O=S(=O)([O-])Nc1ccccc1CO.[Na+]. The Morgan fingerprint density at radius 1 is 1.36 bits per heavy atom. The molecule has 0 bridgehead atoms. The Bertz CT molecular complexity index is 392. The van der Waals surface area contributed by atoms with Gasteiger partial charge in [0.05, 0.1) is 12.3 Å². The summed E-state index contributed by atoms with van der Waals surface area (Å²) < 4.78 is 32.7. The van der Waals surface area contributed by atoms with E-state index < -0.39 is 10.3 Å². The van der Waals surface area contributed by atoms with E-state index in [-0.39, 0.29) is 41.9 Å². The minimum Gasteiger partial charge on any atom is -0.731 e. The number of aliphatic hydroxyl groups excluding tert-OH is 1. The first kappa shape index (κ1) is 13.9. The van der Waals surface area contributed by atoms with Crippen molar-refractivity contribution in [2.75, 3.05) is 4.72 Å². The molecule has 1 rings (SSSR count). The van der Waals surface area contributed by atoms with Gasteiger partial charge in [-0.15, -0.1) is 0 Å². The van der Waals surface area contributed by atoms with E-state index in [1.807, 2.05) is 0 Å². The molecule has 7 heteroatoms. The van der Waals surface area contributed by atoms with Gasteiger partial charge in [-0.1, -0.05) is 18.2 Å². The maximum Gasteiger partial charge on any atom is 1.00 e. The molecule has 0 fully saturated rings. The molecule has 72 valence electrons. The molecule has 0 aliphatic heterocycles. The number of rotatable bonds is 3. The number of hydrogen-bond acceptors (Lipinski definition) is 4. The molecule has 0 atom stereocenters. The monoisotopic (exact) mass is 225 g/mol.